The van der Waals surface area contributed by atoms with E-state index in [9.17, 15) is 5.11 Å². The molecule has 3 nitrogen and oxygen atoms in total. The first kappa shape index (κ1) is 11.9. The SMILES string of the molecule is Cc1nc(OC[C@H]2C[C@](C)(O)C2)ccc1Br. The van der Waals surface area contributed by atoms with Crippen molar-refractivity contribution in [3.63, 3.8) is 0 Å². The Morgan fingerprint density at radius 3 is 2.81 bits per heavy atom. The number of aliphatic hydroxyl groups is 1. The summed E-state index contributed by atoms with van der Waals surface area (Å²) in [5.74, 6) is 1.12. The maximum atomic E-state index is 9.58. The van der Waals surface area contributed by atoms with Crippen molar-refractivity contribution in [1.29, 1.82) is 0 Å². The van der Waals surface area contributed by atoms with E-state index in [1.165, 1.54) is 0 Å². The Morgan fingerprint density at radius 1 is 1.56 bits per heavy atom. The molecule has 0 spiro atoms. The highest BCUT2D eigenvalue weighted by Crippen LogP contribution is 2.37. The van der Waals surface area contributed by atoms with Crippen LogP contribution in [0.2, 0.25) is 0 Å². The number of halogens is 1. The van der Waals surface area contributed by atoms with Crippen LogP contribution in [-0.2, 0) is 0 Å². The molecule has 16 heavy (non-hydrogen) atoms. The van der Waals surface area contributed by atoms with Crippen LogP contribution in [0.15, 0.2) is 16.6 Å². The predicted octanol–water partition coefficient (Wildman–Crippen LogP) is 2.69. The van der Waals surface area contributed by atoms with Crippen LogP contribution in [0, 0.1) is 12.8 Å². The smallest absolute Gasteiger partial charge is 0.213 e. The van der Waals surface area contributed by atoms with Crippen LogP contribution < -0.4 is 4.74 Å². The second-order valence-corrected chi connectivity index (χ2v) is 5.65. The lowest BCUT2D eigenvalue weighted by Crippen LogP contribution is -2.43. The Bertz CT molecular complexity index is 385. The minimum absolute atomic E-state index is 0.459. The molecule has 0 atom stereocenters. The van der Waals surface area contributed by atoms with Crippen molar-refractivity contribution in [2.75, 3.05) is 6.61 Å². The Balaban J connectivity index is 1.84. The molecule has 0 unspecified atom stereocenters. The van der Waals surface area contributed by atoms with Crippen molar-refractivity contribution < 1.29 is 9.84 Å². The molecule has 1 aliphatic carbocycles. The first-order valence-electron chi connectivity index (χ1n) is 5.45. The summed E-state index contributed by atoms with van der Waals surface area (Å²) < 4.78 is 6.59. The molecule has 4 heteroatoms. The van der Waals surface area contributed by atoms with Crippen LogP contribution in [-0.4, -0.2) is 22.3 Å². The molecule has 1 fully saturated rings. The molecule has 1 aromatic heterocycles. The average molecular weight is 286 g/mol. The van der Waals surface area contributed by atoms with Gasteiger partial charge in [0.15, 0.2) is 0 Å². The molecule has 0 amide bonds. The van der Waals surface area contributed by atoms with E-state index < -0.39 is 5.60 Å². The van der Waals surface area contributed by atoms with Gasteiger partial charge in [0, 0.05) is 10.5 Å². The first-order chi connectivity index (χ1) is 7.46. The van der Waals surface area contributed by atoms with Gasteiger partial charge in [-0.3, -0.25) is 0 Å². The van der Waals surface area contributed by atoms with Gasteiger partial charge in [-0.1, -0.05) is 0 Å². The molecule has 0 bridgehead atoms. The lowest BCUT2D eigenvalue weighted by atomic mass is 9.73. The molecular weight excluding hydrogens is 270 g/mol. The Hall–Kier alpha value is -0.610. The molecule has 0 aliphatic heterocycles. The largest absolute Gasteiger partial charge is 0.477 e. The number of ether oxygens (including phenoxy) is 1. The zero-order chi connectivity index (χ0) is 11.8. The number of nitrogens with zero attached hydrogens (tertiary/aromatic N) is 1. The average Bonchev–Trinajstić information content (AvgIpc) is 2.16. The minimum atomic E-state index is -0.475. The molecule has 1 heterocycles. The molecule has 0 saturated heterocycles. The van der Waals surface area contributed by atoms with Gasteiger partial charge in [-0.15, -0.1) is 0 Å². The third kappa shape index (κ3) is 2.74. The van der Waals surface area contributed by atoms with Crippen molar-refractivity contribution in [2.45, 2.75) is 32.3 Å². The summed E-state index contributed by atoms with van der Waals surface area (Å²) in [4.78, 5) is 4.31. The van der Waals surface area contributed by atoms with Crippen LogP contribution in [0.1, 0.15) is 25.5 Å². The summed E-state index contributed by atoms with van der Waals surface area (Å²) >= 11 is 3.40. The fourth-order valence-corrected chi connectivity index (χ4v) is 2.33. The second-order valence-electron chi connectivity index (χ2n) is 4.80. The highest BCUT2D eigenvalue weighted by molar-refractivity contribution is 9.10. The van der Waals surface area contributed by atoms with E-state index in [2.05, 4.69) is 20.9 Å². The molecule has 1 aliphatic rings. The van der Waals surface area contributed by atoms with Gasteiger partial charge in [-0.2, -0.15) is 0 Å². The minimum Gasteiger partial charge on any atom is -0.477 e. The quantitative estimate of drug-likeness (QED) is 0.929. The van der Waals surface area contributed by atoms with E-state index in [0.717, 1.165) is 23.0 Å². The summed E-state index contributed by atoms with van der Waals surface area (Å²) in [5.41, 5.74) is 0.454. The Labute approximate surface area is 104 Å². The van der Waals surface area contributed by atoms with E-state index in [0.29, 0.717) is 18.4 Å². The van der Waals surface area contributed by atoms with Gasteiger partial charge >= 0.3 is 0 Å². The van der Waals surface area contributed by atoms with Crippen LogP contribution in [0.25, 0.3) is 0 Å². The number of aryl methyl sites for hydroxylation is 1. The zero-order valence-electron chi connectivity index (χ0n) is 9.53. The highest BCUT2D eigenvalue weighted by Gasteiger charge is 2.38. The molecule has 1 aromatic rings. The number of hydrogen-bond acceptors (Lipinski definition) is 3. The van der Waals surface area contributed by atoms with E-state index in [1.807, 2.05) is 26.0 Å². The molecule has 1 N–H and O–H groups in total. The van der Waals surface area contributed by atoms with Crippen molar-refractivity contribution in [2.24, 2.45) is 5.92 Å². The zero-order valence-corrected chi connectivity index (χ0v) is 11.1. The Morgan fingerprint density at radius 2 is 2.25 bits per heavy atom. The predicted molar refractivity (Wildman–Crippen MR) is 65.5 cm³/mol. The van der Waals surface area contributed by atoms with Gasteiger partial charge in [0.25, 0.3) is 0 Å². The standard InChI is InChI=1S/C12H16BrNO2/c1-8-10(13)3-4-11(14-8)16-7-9-5-12(2,15)6-9/h3-4,9,15H,5-7H2,1-2H3/t9-,12-. The molecule has 0 aromatic carbocycles. The topological polar surface area (TPSA) is 42.4 Å². The summed E-state index contributed by atoms with van der Waals surface area (Å²) in [6, 6.07) is 3.79. The molecule has 1 saturated carbocycles. The fourth-order valence-electron chi connectivity index (χ4n) is 2.11. The maximum Gasteiger partial charge on any atom is 0.213 e. The van der Waals surface area contributed by atoms with Crippen LogP contribution >= 0.6 is 15.9 Å². The number of hydrogen-bond donors (Lipinski definition) is 1. The number of rotatable bonds is 3. The lowest BCUT2D eigenvalue weighted by Gasteiger charge is -2.40. The molecule has 0 radical (unpaired) electrons. The van der Waals surface area contributed by atoms with E-state index in [4.69, 9.17) is 4.74 Å². The summed E-state index contributed by atoms with van der Waals surface area (Å²) in [6.45, 7) is 4.45. The first-order valence-corrected chi connectivity index (χ1v) is 6.24. The third-order valence-electron chi connectivity index (χ3n) is 2.92. The van der Waals surface area contributed by atoms with E-state index in [-0.39, 0.29) is 0 Å². The fraction of sp³-hybridized carbons (Fsp3) is 0.583. The second kappa shape index (κ2) is 4.34. The van der Waals surface area contributed by atoms with Crippen molar-refractivity contribution in [3.05, 3.63) is 22.3 Å². The van der Waals surface area contributed by atoms with Crippen molar-refractivity contribution in [1.82, 2.24) is 4.98 Å². The molecule has 2 rings (SSSR count). The summed E-state index contributed by atoms with van der Waals surface area (Å²) in [6.07, 6.45) is 1.64. The van der Waals surface area contributed by atoms with Crippen LogP contribution in [0.5, 0.6) is 5.88 Å². The van der Waals surface area contributed by atoms with Crippen molar-refractivity contribution in [3.8, 4) is 5.88 Å². The van der Waals surface area contributed by atoms with Crippen LogP contribution in [0.4, 0.5) is 0 Å². The molecular formula is C12H16BrNO2. The van der Waals surface area contributed by atoms with Gasteiger partial charge in [0.1, 0.15) is 0 Å². The normalized spacial score (nSPS) is 28.6. The van der Waals surface area contributed by atoms with E-state index in [1.54, 1.807) is 0 Å². The highest BCUT2D eigenvalue weighted by atomic mass is 79.9. The Kier molecular flexibility index (Phi) is 3.22. The van der Waals surface area contributed by atoms with Crippen LogP contribution in [0.3, 0.4) is 0 Å². The van der Waals surface area contributed by atoms with Gasteiger partial charge in [0.05, 0.1) is 17.9 Å². The molecule has 88 valence electrons. The summed E-state index contributed by atoms with van der Waals surface area (Å²) in [7, 11) is 0. The van der Waals surface area contributed by atoms with Gasteiger partial charge in [-0.25, -0.2) is 4.98 Å². The maximum absolute atomic E-state index is 9.58. The lowest BCUT2D eigenvalue weighted by molar-refractivity contribution is -0.0694. The van der Waals surface area contributed by atoms with Gasteiger partial charge in [-0.05, 0) is 54.6 Å². The van der Waals surface area contributed by atoms with E-state index >= 15 is 0 Å². The number of aromatic nitrogens is 1. The monoisotopic (exact) mass is 285 g/mol. The van der Waals surface area contributed by atoms with Crippen molar-refractivity contribution >= 4 is 15.9 Å². The van der Waals surface area contributed by atoms with Gasteiger partial charge < -0.3 is 9.84 Å². The number of pyridine rings is 1. The van der Waals surface area contributed by atoms with Gasteiger partial charge in [0.2, 0.25) is 5.88 Å². The summed E-state index contributed by atoms with van der Waals surface area (Å²) in [5, 5.41) is 9.58. The third-order valence-corrected chi connectivity index (χ3v) is 3.76.